The SMILES string of the molecule is CCCCCCC/C=C\C/C=C\C/C=C\CCCCCCCCC(=O)OCC(COC(=O)CCCCCCCCCCCCCCCC)OC(=O)CCCCCCCCCCCCCCCCCCCCCC. The van der Waals surface area contributed by atoms with Crippen molar-refractivity contribution in [1.82, 2.24) is 0 Å². The van der Waals surface area contributed by atoms with E-state index >= 15 is 0 Å². The second-order valence-electron chi connectivity index (χ2n) is 22.0. The third kappa shape index (κ3) is 60.4. The van der Waals surface area contributed by atoms with Gasteiger partial charge in [0, 0.05) is 19.3 Å². The topological polar surface area (TPSA) is 78.9 Å². The molecule has 428 valence electrons. The van der Waals surface area contributed by atoms with E-state index in [9.17, 15) is 14.4 Å². The first kappa shape index (κ1) is 70.6. The van der Waals surface area contributed by atoms with Gasteiger partial charge in [-0.25, -0.2) is 0 Å². The number of rotatable bonds is 60. The van der Waals surface area contributed by atoms with Gasteiger partial charge >= 0.3 is 17.9 Å². The first-order chi connectivity index (χ1) is 36.0. The lowest BCUT2D eigenvalue weighted by Crippen LogP contribution is -2.30. The van der Waals surface area contributed by atoms with Gasteiger partial charge in [-0.2, -0.15) is 0 Å². The van der Waals surface area contributed by atoms with E-state index in [2.05, 4.69) is 57.2 Å². The number of allylic oxidation sites excluding steroid dienone is 6. The quantitative estimate of drug-likeness (QED) is 0.0261. The van der Waals surface area contributed by atoms with Crippen molar-refractivity contribution in [1.29, 1.82) is 0 Å². The van der Waals surface area contributed by atoms with E-state index in [0.717, 1.165) is 77.0 Å². The third-order valence-electron chi connectivity index (χ3n) is 14.6. The summed E-state index contributed by atoms with van der Waals surface area (Å²) in [5, 5.41) is 0. The van der Waals surface area contributed by atoms with Gasteiger partial charge in [-0.1, -0.05) is 314 Å². The molecule has 0 N–H and O–H groups in total. The number of esters is 3. The molecule has 6 nitrogen and oxygen atoms in total. The molecule has 0 saturated heterocycles. The van der Waals surface area contributed by atoms with Gasteiger partial charge < -0.3 is 14.2 Å². The minimum Gasteiger partial charge on any atom is -0.462 e. The van der Waals surface area contributed by atoms with Gasteiger partial charge in [0.1, 0.15) is 13.2 Å². The highest BCUT2D eigenvalue weighted by atomic mass is 16.6. The summed E-state index contributed by atoms with van der Waals surface area (Å²) in [4.78, 5) is 38.3. The second kappa shape index (κ2) is 62.2. The molecule has 0 fully saturated rings. The minimum atomic E-state index is -0.774. The Morgan fingerprint density at radius 1 is 0.274 bits per heavy atom. The van der Waals surface area contributed by atoms with E-state index in [4.69, 9.17) is 14.2 Å². The Kier molecular flexibility index (Phi) is 60.2. The van der Waals surface area contributed by atoms with E-state index in [1.165, 1.54) is 238 Å². The van der Waals surface area contributed by atoms with Crippen LogP contribution in [0.2, 0.25) is 0 Å². The molecule has 0 aliphatic heterocycles. The van der Waals surface area contributed by atoms with Gasteiger partial charge in [0.2, 0.25) is 0 Å². The van der Waals surface area contributed by atoms with Crippen LogP contribution in [-0.2, 0) is 28.6 Å². The van der Waals surface area contributed by atoms with Crippen LogP contribution in [0.15, 0.2) is 36.5 Å². The normalized spacial score (nSPS) is 12.2. The molecule has 0 heterocycles. The first-order valence-corrected chi connectivity index (χ1v) is 32.5. The van der Waals surface area contributed by atoms with Crippen molar-refractivity contribution in [3.63, 3.8) is 0 Å². The Labute approximate surface area is 455 Å². The van der Waals surface area contributed by atoms with Gasteiger partial charge in [-0.3, -0.25) is 14.4 Å². The van der Waals surface area contributed by atoms with Crippen LogP contribution in [0.3, 0.4) is 0 Å². The van der Waals surface area contributed by atoms with Crippen LogP contribution < -0.4 is 0 Å². The summed E-state index contributed by atoms with van der Waals surface area (Å²) in [5.74, 6) is -0.858. The summed E-state index contributed by atoms with van der Waals surface area (Å²) in [7, 11) is 0. The molecule has 0 radical (unpaired) electrons. The van der Waals surface area contributed by atoms with E-state index in [0.29, 0.717) is 19.3 Å². The summed E-state index contributed by atoms with van der Waals surface area (Å²) in [6, 6.07) is 0. The molecule has 0 spiro atoms. The fraction of sp³-hybridized carbons (Fsp3) is 0.866. The number of hydrogen-bond donors (Lipinski definition) is 0. The zero-order chi connectivity index (χ0) is 52.9. The second-order valence-corrected chi connectivity index (χ2v) is 22.0. The van der Waals surface area contributed by atoms with Crippen LogP contribution >= 0.6 is 0 Å². The van der Waals surface area contributed by atoms with Crippen molar-refractivity contribution in [2.24, 2.45) is 0 Å². The standard InChI is InChI=1S/C67H124O6/c1-4-7-10-13-16-19-22-25-28-30-32-34-36-37-39-42-45-48-51-54-57-60-66(69)72-63-64(62-71-65(68)59-56-53-50-47-44-41-27-24-21-18-15-12-9-6-3)73-67(70)61-58-55-52-49-46-43-40-38-35-33-31-29-26-23-20-17-14-11-8-5-2/h22,25,30,32,36-37,64H,4-21,23-24,26-29,31,33-35,38-63H2,1-3H3/b25-22-,32-30-,37-36-. The van der Waals surface area contributed by atoms with Crippen molar-refractivity contribution in [3.05, 3.63) is 36.5 Å². The Morgan fingerprint density at radius 2 is 0.493 bits per heavy atom. The molecular formula is C67H124O6. The average Bonchev–Trinajstić information content (AvgIpc) is 3.39. The summed E-state index contributed by atoms with van der Waals surface area (Å²) in [6.07, 6.45) is 75.7. The van der Waals surface area contributed by atoms with Crippen LogP contribution in [0.4, 0.5) is 0 Å². The number of carbonyl (C=O) groups is 3. The lowest BCUT2D eigenvalue weighted by molar-refractivity contribution is -0.167. The van der Waals surface area contributed by atoms with Gasteiger partial charge in [0.05, 0.1) is 0 Å². The van der Waals surface area contributed by atoms with Crippen molar-refractivity contribution < 1.29 is 28.6 Å². The molecule has 73 heavy (non-hydrogen) atoms. The molecule has 1 unspecified atom stereocenters. The molecule has 0 aromatic carbocycles. The Hall–Kier alpha value is -2.37. The van der Waals surface area contributed by atoms with Crippen molar-refractivity contribution in [2.75, 3.05) is 13.2 Å². The van der Waals surface area contributed by atoms with E-state index in [1.807, 2.05) is 0 Å². The molecule has 0 rings (SSSR count). The third-order valence-corrected chi connectivity index (χ3v) is 14.6. The Balaban J connectivity index is 4.32. The molecule has 0 bridgehead atoms. The minimum absolute atomic E-state index is 0.0709. The maximum absolute atomic E-state index is 12.9. The number of ether oxygens (including phenoxy) is 3. The zero-order valence-electron chi connectivity index (χ0n) is 49.2. The molecule has 6 heteroatoms. The van der Waals surface area contributed by atoms with Gasteiger partial charge in [0.25, 0.3) is 0 Å². The molecule has 0 aliphatic rings. The van der Waals surface area contributed by atoms with E-state index < -0.39 is 6.10 Å². The molecule has 0 aromatic rings. The smallest absolute Gasteiger partial charge is 0.306 e. The maximum Gasteiger partial charge on any atom is 0.306 e. The van der Waals surface area contributed by atoms with E-state index in [-0.39, 0.29) is 31.1 Å². The monoisotopic (exact) mass is 1020 g/mol. The van der Waals surface area contributed by atoms with Crippen LogP contribution in [0.1, 0.15) is 355 Å². The maximum atomic E-state index is 12.9. The zero-order valence-corrected chi connectivity index (χ0v) is 49.2. The lowest BCUT2D eigenvalue weighted by atomic mass is 10.0. The van der Waals surface area contributed by atoms with Gasteiger partial charge in [0.15, 0.2) is 6.10 Å². The lowest BCUT2D eigenvalue weighted by Gasteiger charge is -2.18. The van der Waals surface area contributed by atoms with Crippen LogP contribution in [0, 0.1) is 0 Å². The predicted molar refractivity (Wildman–Crippen MR) is 316 cm³/mol. The highest BCUT2D eigenvalue weighted by Crippen LogP contribution is 2.18. The highest BCUT2D eigenvalue weighted by Gasteiger charge is 2.19. The predicted octanol–water partition coefficient (Wildman–Crippen LogP) is 22.0. The average molecular weight is 1030 g/mol. The first-order valence-electron chi connectivity index (χ1n) is 32.5. The molecular weight excluding hydrogens is 901 g/mol. The number of carbonyl (C=O) groups excluding carboxylic acids is 3. The fourth-order valence-corrected chi connectivity index (χ4v) is 9.75. The molecule has 0 aromatic heterocycles. The Bertz CT molecular complexity index is 1220. The molecule has 1 atom stereocenters. The summed E-state index contributed by atoms with van der Waals surface area (Å²) in [5.41, 5.74) is 0. The summed E-state index contributed by atoms with van der Waals surface area (Å²) < 4.78 is 16.9. The van der Waals surface area contributed by atoms with Crippen molar-refractivity contribution in [3.8, 4) is 0 Å². The largest absolute Gasteiger partial charge is 0.462 e. The highest BCUT2D eigenvalue weighted by molar-refractivity contribution is 5.71. The van der Waals surface area contributed by atoms with Crippen LogP contribution in [0.25, 0.3) is 0 Å². The van der Waals surface area contributed by atoms with Crippen molar-refractivity contribution in [2.45, 2.75) is 361 Å². The molecule has 0 amide bonds. The summed E-state index contributed by atoms with van der Waals surface area (Å²) >= 11 is 0. The molecule has 0 aliphatic carbocycles. The van der Waals surface area contributed by atoms with E-state index in [1.54, 1.807) is 0 Å². The molecule has 0 saturated carbocycles. The Morgan fingerprint density at radius 3 is 0.767 bits per heavy atom. The van der Waals surface area contributed by atoms with Gasteiger partial charge in [-0.05, 0) is 57.8 Å². The summed E-state index contributed by atoms with van der Waals surface area (Å²) in [6.45, 7) is 6.68. The van der Waals surface area contributed by atoms with Crippen molar-refractivity contribution >= 4 is 17.9 Å². The van der Waals surface area contributed by atoms with Crippen LogP contribution in [0.5, 0.6) is 0 Å². The van der Waals surface area contributed by atoms with Crippen LogP contribution in [-0.4, -0.2) is 37.2 Å². The number of unbranched alkanes of at least 4 members (excludes halogenated alkanes) is 43. The number of hydrogen-bond acceptors (Lipinski definition) is 6. The van der Waals surface area contributed by atoms with Gasteiger partial charge in [-0.15, -0.1) is 0 Å². The fourth-order valence-electron chi connectivity index (χ4n) is 9.75.